The second-order valence-electron chi connectivity index (χ2n) is 8.69. The van der Waals surface area contributed by atoms with Crippen LogP contribution in [0.25, 0.3) is 0 Å². The molecule has 28 heavy (non-hydrogen) atoms. The summed E-state index contributed by atoms with van der Waals surface area (Å²) >= 11 is 0. The Labute approximate surface area is 167 Å². The van der Waals surface area contributed by atoms with Crippen LogP contribution in [0.3, 0.4) is 0 Å². The van der Waals surface area contributed by atoms with Crippen molar-refractivity contribution >= 4 is 12.0 Å². The highest BCUT2D eigenvalue weighted by atomic mass is 16.4. The highest BCUT2D eigenvalue weighted by Crippen LogP contribution is 2.22. The van der Waals surface area contributed by atoms with Gasteiger partial charge in [-0.15, -0.1) is 0 Å². The van der Waals surface area contributed by atoms with Crippen LogP contribution in [0.4, 0.5) is 4.79 Å². The van der Waals surface area contributed by atoms with Crippen LogP contribution >= 0.6 is 0 Å². The number of rotatable bonds is 5. The van der Waals surface area contributed by atoms with Gasteiger partial charge in [-0.1, -0.05) is 38.1 Å². The molecule has 0 spiro atoms. The summed E-state index contributed by atoms with van der Waals surface area (Å²) in [5.41, 5.74) is 2.39. The second-order valence-corrected chi connectivity index (χ2v) is 8.69. The molecule has 6 nitrogen and oxygen atoms in total. The number of carboxylic acids is 1. The van der Waals surface area contributed by atoms with E-state index in [1.54, 1.807) is 4.90 Å². The third-order valence-electron chi connectivity index (χ3n) is 5.98. The highest BCUT2D eigenvalue weighted by molar-refractivity contribution is 5.76. The standard InChI is InChI=1S/C22H33N3O3/c1-16-6-5-9-24(12-16)14-19-8-4-3-7-18(19)11-23-22(28)25-13-17(2)10-20(15-25)21(26)27/h3-4,7-8,16-17,20H,5-6,9-15H2,1-2H3,(H,23,28)(H,26,27). The van der Waals surface area contributed by atoms with E-state index >= 15 is 0 Å². The molecule has 6 heteroatoms. The number of benzene rings is 1. The van der Waals surface area contributed by atoms with E-state index in [9.17, 15) is 14.7 Å². The fourth-order valence-electron chi connectivity index (χ4n) is 4.53. The third kappa shape index (κ3) is 5.47. The van der Waals surface area contributed by atoms with Crippen molar-refractivity contribution in [1.29, 1.82) is 0 Å². The van der Waals surface area contributed by atoms with Gasteiger partial charge in [-0.3, -0.25) is 9.69 Å². The minimum absolute atomic E-state index is 0.167. The Kier molecular flexibility index (Phi) is 6.94. The van der Waals surface area contributed by atoms with E-state index in [4.69, 9.17) is 0 Å². The minimum Gasteiger partial charge on any atom is -0.481 e. The maximum absolute atomic E-state index is 12.6. The van der Waals surface area contributed by atoms with Crippen molar-refractivity contribution in [3.63, 3.8) is 0 Å². The average molecular weight is 388 g/mol. The van der Waals surface area contributed by atoms with E-state index in [1.165, 1.54) is 18.4 Å². The zero-order chi connectivity index (χ0) is 20.1. The Hall–Kier alpha value is -2.08. The summed E-state index contributed by atoms with van der Waals surface area (Å²) in [6, 6.07) is 8.11. The maximum Gasteiger partial charge on any atom is 0.317 e. The molecule has 2 aliphatic heterocycles. The largest absolute Gasteiger partial charge is 0.481 e. The van der Waals surface area contributed by atoms with Crippen molar-refractivity contribution < 1.29 is 14.7 Å². The molecule has 0 aliphatic carbocycles. The van der Waals surface area contributed by atoms with Crippen molar-refractivity contribution in [2.75, 3.05) is 26.2 Å². The number of aliphatic carboxylic acids is 1. The molecule has 1 aromatic carbocycles. The molecule has 2 heterocycles. The van der Waals surface area contributed by atoms with Crippen LogP contribution in [-0.2, 0) is 17.9 Å². The molecule has 154 valence electrons. The zero-order valence-corrected chi connectivity index (χ0v) is 17.1. The van der Waals surface area contributed by atoms with Crippen molar-refractivity contribution in [2.45, 2.75) is 46.2 Å². The number of carbonyl (C=O) groups is 2. The number of nitrogens with one attached hydrogen (secondary N) is 1. The molecule has 0 aromatic heterocycles. The first-order chi connectivity index (χ1) is 13.4. The Morgan fingerprint density at radius 3 is 2.57 bits per heavy atom. The SMILES string of the molecule is CC1CCCN(Cc2ccccc2CNC(=O)N2CC(C)CC(C(=O)O)C2)C1. The number of hydrogen-bond acceptors (Lipinski definition) is 3. The fraction of sp³-hybridized carbons (Fsp3) is 0.636. The summed E-state index contributed by atoms with van der Waals surface area (Å²) in [6.45, 7) is 8.86. The van der Waals surface area contributed by atoms with Crippen LogP contribution in [0.1, 0.15) is 44.2 Å². The number of carbonyl (C=O) groups excluding carboxylic acids is 1. The maximum atomic E-state index is 12.6. The van der Waals surface area contributed by atoms with Crippen molar-refractivity contribution in [2.24, 2.45) is 17.8 Å². The van der Waals surface area contributed by atoms with Gasteiger partial charge in [0.05, 0.1) is 5.92 Å². The molecule has 2 amide bonds. The monoisotopic (exact) mass is 387 g/mol. The van der Waals surface area contributed by atoms with E-state index in [0.29, 0.717) is 26.1 Å². The van der Waals surface area contributed by atoms with Gasteiger partial charge in [0.1, 0.15) is 0 Å². The molecule has 2 saturated heterocycles. The fourth-order valence-corrected chi connectivity index (χ4v) is 4.53. The molecule has 2 fully saturated rings. The lowest BCUT2D eigenvalue weighted by atomic mass is 9.91. The molecule has 3 unspecified atom stereocenters. The molecule has 0 bridgehead atoms. The topological polar surface area (TPSA) is 72.9 Å². The van der Waals surface area contributed by atoms with E-state index in [1.807, 2.05) is 13.0 Å². The molecule has 2 aliphatic rings. The summed E-state index contributed by atoms with van der Waals surface area (Å²) in [4.78, 5) is 28.1. The number of piperidine rings is 2. The lowest BCUT2D eigenvalue weighted by Gasteiger charge is -2.34. The van der Waals surface area contributed by atoms with Crippen LogP contribution in [0.2, 0.25) is 0 Å². The predicted octanol–water partition coefficient (Wildman–Crippen LogP) is 3.17. The normalized spacial score (nSPS) is 26.1. The van der Waals surface area contributed by atoms with Gasteiger partial charge < -0.3 is 15.3 Å². The average Bonchev–Trinajstić information content (AvgIpc) is 2.66. The van der Waals surface area contributed by atoms with E-state index in [2.05, 4.69) is 35.3 Å². The number of carboxylic acid groups (broad SMARTS) is 1. The van der Waals surface area contributed by atoms with Crippen molar-refractivity contribution in [3.05, 3.63) is 35.4 Å². The summed E-state index contributed by atoms with van der Waals surface area (Å²) in [7, 11) is 0. The summed E-state index contributed by atoms with van der Waals surface area (Å²) in [5.74, 6) is -0.341. The van der Waals surface area contributed by atoms with E-state index in [-0.39, 0.29) is 11.9 Å². The van der Waals surface area contributed by atoms with Crippen LogP contribution in [0.5, 0.6) is 0 Å². The number of nitrogens with zero attached hydrogens (tertiary/aromatic N) is 2. The Bertz CT molecular complexity index is 693. The van der Waals surface area contributed by atoms with Crippen LogP contribution in [0, 0.1) is 17.8 Å². The summed E-state index contributed by atoms with van der Waals surface area (Å²) in [6.07, 6.45) is 3.19. The number of urea groups is 1. The van der Waals surface area contributed by atoms with Gasteiger partial charge in [0.15, 0.2) is 0 Å². The van der Waals surface area contributed by atoms with Crippen LogP contribution in [-0.4, -0.2) is 53.1 Å². The van der Waals surface area contributed by atoms with Gasteiger partial charge in [0.2, 0.25) is 0 Å². The number of hydrogen-bond donors (Lipinski definition) is 2. The molecular formula is C22H33N3O3. The van der Waals surface area contributed by atoms with Crippen LogP contribution < -0.4 is 5.32 Å². The zero-order valence-electron chi connectivity index (χ0n) is 17.1. The van der Waals surface area contributed by atoms with E-state index in [0.717, 1.165) is 31.1 Å². The number of likely N-dealkylation sites (tertiary alicyclic amines) is 2. The molecule has 2 N–H and O–H groups in total. The quantitative estimate of drug-likeness (QED) is 0.814. The van der Waals surface area contributed by atoms with Gasteiger partial charge in [-0.05, 0) is 48.8 Å². The molecule has 3 atom stereocenters. The Morgan fingerprint density at radius 1 is 1.11 bits per heavy atom. The molecule has 3 rings (SSSR count). The Balaban J connectivity index is 1.58. The second kappa shape index (κ2) is 9.41. The first-order valence-electron chi connectivity index (χ1n) is 10.5. The first kappa shape index (κ1) is 20.6. The molecule has 1 aromatic rings. The third-order valence-corrected chi connectivity index (χ3v) is 5.98. The van der Waals surface area contributed by atoms with Gasteiger partial charge >= 0.3 is 12.0 Å². The van der Waals surface area contributed by atoms with E-state index < -0.39 is 11.9 Å². The first-order valence-corrected chi connectivity index (χ1v) is 10.5. The molecule has 0 saturated carbocycles. The Morgan fingerprint density at radius 2 is 1.86 bits per heavy atom. The molecular weight excluding hydrogens is 354 g/mol. The number of amides is 2. The van der Waals surface area contributed by atoms with Crippen LogP contribution in [0.15, 0.2) is 24.3 Å². The van der Waals surface area contributed by atoms with Gasteiger partial charge in [0, 0.05) is 32.7 Å². The van der Waals surface area contributed by atoms with Gasteiger partial charge in [0.25, 0.3) is 0 Å². The van der Waals surface area contributed by atoms with Crippen molar-refractivity contribution in [3.8, 4) is 0 Å². The highest BCUT2D eigenvalue weighted by Gasteiger charge is 2.31. The van der Waals surface area contributed by atoms with Gasteiger partial charge in [-0.2, -0.15) is 0 Å². The smallest absolute Gasteiger partial charge is 0.317 e. The summed E-state index contributed by atoms with van der Waals surface area (Å²) < 4.78 is 0. The lowest BCUT2D eigenvalue weighted by Crippen LogP contribution is -2.49. The van der Waals surface area contributed by atoms with Crippen molar-refractivity contribution in [1.82, 2.24) is 15.1 Å². The predicted molar refractivity (Wildman–Crippen MR) is 109 cm³/mol. The lowest BCUT2D eigenvalue weighted by molar-refractivity contribution is -0.143. The van der Waals surface area contributed by atoms with Gasteiger partial charge in [-0.25, -0.2) is 4.79 Å². The summed E-state index contributed by atoms with van der Waals surface area (Å²) in [5, 5.41) is 12.3. The minimum atomic E-state index is -0.814. The molecule has 0 radical (unpaired) electrons.